The lowest BCUT2D eigenvalue weighted by atomic mass is 10.2. The normalized spacial score (nSPS) is 19.6. The lowest BCUT2D eigenvalue weighted by Gasteiger charge is -2.17. The van der Waals surface area contributed by atoms with Crippen molar-refractivity contribution in [2.24, 2.45) is 7.05 Å². The fourth-order valence-electron chi connectivity index (χ4n) is 2.07. The fraction of sp³-hybridized carbons (Fsp3) is 0.727. The van der Waals surface area contributed by atoms with E-state index in [-0.39, 0.29) is 6.04 Å². The Morgan fingerprint density at radius 2 is 2.27 bits per heavy atom. The van der Waals surface area contributed by atoms with Gasteiger partial charge in [0.1, 0.15) is 0 Å². The molecule has 1 aliphatic carbocycles. The van der Waals surface area contributed by atoms with Crippen molar-refractivity contribution >= 4 is 0 Å². The Labute approximate surface area is 90.6 Å². The molecule has 1 saturated carbocycles. The van der Waals surface area contributed by atoms with Crippen LogP contribution in [-0.2, 0) is 11.9 Å². The van der Waals surface area contributed by atoms with E-state index in [1.807, 2.05) is 24.0 Å². The number of hydroxylamine groups is 1. The number of hydrogen-bond acceptors (Lipinski definition) is 3. The number of nitrogens with zero attached hydrogens (tertiary/aromatic N) is 2. The SMILES string of the molecule is CC(NOC1CCCC1)c1ccnn1C. The zero-order chi connectivity index (χ0) is 10.7. The second kappa shape index (κ2) is 4.77. The maximum absolute atomic E-state index is 5.65. The van der Waals surface area contributed by atoms with Gasteiger partial charge < -0.3 is 0 Å². The van der Waals surface area contributed by atoms with Crippen molar-refractivity contribution in [3.63, 3.8) is 0 Å². The first-order valence-corrected chi connectivity index (χ1v) is 5.66. The molecular weight excluding hydrogens is 190 g/mol. The van der Waals surface area contributed by atoms with Crippen LogP contribution in [0.5, 0.6) is 0 Å². The van der Waals surface area contributed by atoms with Crippen molar-refractivity contribution in [3.8, 4) is 0 Å². The average Bonchev–Trinajstić information content (AvgIpc) is 2.84. The molecule has 1 atom stereocenters. The van der Waals surface area contributed by atoms with Gasteiger partial charge in [-0.1, -0.05) is 12.8 Å². The van der Waals surface area contributed by atoms with E-state index in [1.165, 1.54) is 25.7 Å². The quantitative estimate of drug-likeness (QED) is 0.770. The molecule has 84 valence electrons. The summed E-state index contributed by atoms with van der Waals surface area (Å²) < 4.78 is 1.87. The monoisotopic (exact) mass is 209 g/mol. The molecule has 1 aliphatic rings. The highest BCUT2D eigenvalue weighted by molar-refractivity contribution is 5.04. The molecule has 0 aromatic carbocycles. The average molecular weight is 209 g/mol. The van der Waals surface area contributed by atoms with E-state index in [0.29, 0.717) is 6.10 Å². The summed E-state index contributed by atoms with van der Waals surface area (Å²) in [6, 6.07) is 2.20. The van der Waals surface area contributed by atoms with Gasteiger partial charge in [0.2, 0.25) is 0 Å². The van der Waals surface area contributed by atoms with Gasteiger partial charge in [0.25, 0.3) is 0 Å². The van der Waals surface area contributed by atoms with Crippen LogP contribution in [0.25, 0.3) is 0 Å². The Balaban J connectivity index is 1.81. The highest BCUT2D eigenvalue weighted by Gasteiger charge is 2.17. The van der Waals surface area contributed by atoms with Crippen LogP contribution < -0.4 is 5.48 Å². The van der Waals surface area contributed by atoms with E-state index in [1.54, 1.807) is 0 Å². The molecule has 0 saturated heterocycles. The van der Waals surface area contributed by atoms with Crippen LogP contribution in [0.15, 0.2) is 12.3 Å². The molecule has 0 spiro atoms. The van der Waals surface area contributed by atoms with Crippen molar-refractivity contribution < 1.29 is 4.84 Å². The molecule has 1 fully saturated rings. The predicted molar refractivity (Wildman–Crippen MR) is 58.1 cm³/mol. The molecule has 4 nitrogen and oxygen atoms in total. The van der Waals surface area contributed by atoms with Crippen molar-refractivity contribution in [2.45, 2.75) is 44.8 Å². The molecule has 2 rings (SSSR count). The summed E-state index contributed by atoms with van der Waals surface area (Å²) in [4.78, 5) is 5.65. The largest absolute Gasteiger partial charge is 0.298 e. The van der Waals surface area contributed by atoms with Crippen LogP contribution in [0.1, 0.15) is 44.3 Å². The molecule has 0 amide bonds. The van der Waals surface area contributed by atoms with Crippen molar-refractivity contribution in [2.75, 3.05) is 0 Å². The Morgan fingerprint density at radius 1 is 1.53 bits per heavy atom. The number of aromatic nitrogens is 2. The third-order valence-corrected chi connectivity index (χ3v) is 3.02. The molecular formula is C11H19N3O. The van der Waals surface area contributed by atoms with Gasteiger partial charge in [-0.05, 0) is 25.8 Å². The van der Waals surface area contributed by atoms with E-state index in [9.17, 15) is 0 Å². The van der Waals surface area contributed by atoms with E-state index in [0.717, 1.165) is 5.69 Å². The van der Waals surface area contributed by atoms with Gasteiger partial charge in [-0.3, -0.25) is 9.52 Å². The molecule has 1 aromatic rings. The summed E-state index contributed by atoms with van der Waals surface area (Å²) in [5.41, 5.74) is 4.25. The molecule has 15 heavy (non-hydrogen) atoms. The number of hydrogen-bond donors (Lipinski definition) is 1. The van der Waals surface area contributed by atoms with Gasteiger partial charge in [-0.15, -0.1) is 0 Å². The van der Waals surface area contributed by atoms with Gasteiger partial charge in [0, 0.05) is 13.2 Å². The summed E-state index contributed by atoms with van der Waals surface area (Å²) in [5.74, 6) is 0. The van der Waals surface area contributed by atoms with Crippen molar-refractivity contribution in [1.82, 2.24) is 15.3 Å². The van der Waals surface area contributed by atoms with Crippen LogP contribution in [-0.4, -0.2) is 15.9 Å². The Morgan fingerprint density at radius 3 is 2.87 bits per heavy atom. The Kier molecular flexibility index (Phi) is 3.38. The van der Waals surface area contributed by atoms with E-state index >= 15 is 0 Å². The smallest absolute Gasteiger partial charge is 0.0790 e. The van der Waals surface area contributed by atoms with Gasteiger partial charge in [0.15, 0.2) is 0 Å². The second-order valence-corrected chi connectivity index (χ2v) is 4.24. The summed E-state index contributed by atoms with van der Waals surface area (Å²) in [7, 11) is 1.95. The molecule has 1 heterocycles. The summed E-state index contributed by atoms with van der Waals surface area (Å²) >= 11 is 0. The van der Waals surface area contributed by atoms with E-state index in [2.05, 4.69) is 17.5 Å². The van der Waals surface area contributed by atoms with Crippen LogP contribution >= 0.6 is 0 Å². The number of nitrogens with one attached hydrogen (secondary N) is 1. The highest BCUT2D eigenvalue weighted by Crippen LogP contribution is 2.21. The molecule has 1 unspecified atom stereocenters. The maximum Gasteiger partial charge on any atom is 0.0790 e. The first-order chi connectivity index (χ1) is 7.27. The maximum atomic E-state index is 5.65. The van der Waals surface area contributed by atoms with Gasteiger partial charge in [-0.2, -0.15) is 10.6 Å². The summed E-state index contributed by atoms with van der Waals surface area (Å²) in [5, 5.41) is 4.14. The third-order valence-electron chi connectivity index (χ3n) is 3.02. The van der Waals surface area contributed by atoms with Crippen LogP contribution in [0.2, 0.25) is 0 Å². The number of aryl methyl sites for hydroxylation is 1. The highest BCUT2D eigenvalue weighted by atomic mass is 16.7. The van der Waals surface area contributed by atoms with Crippen LogP contribution in [0.4, 0.5) is 0 Å². The zero-order valence-corrected chi connectivity index (χ0v) is 9.44. The van der Waals surface area contributed by atoms with E-state index < -0.39 is 0 Å². The van der Waals surface area contributed by atoms with Crippen molar-refractivity contribution in [1.29, 1.82) is 0 Å². The third kappa shape index (κ3) is 2.58. The minimum atomic E-state index is 0.193. The van der Waals surface area contributed by atoms with Gasteiger partial charge in [0.05, 0.1) is 17.8 Å². The lowest BCUT2D eigenvalue weighted by molar-refractivity contribution is -0.0388. The lowest BCUT2D eigenvalue weighted by Crippen LogP contribution is -2.26. The standard InChI is InChI=1S/C11H19N3O/c1-9(11-7-8-12-14(11)2)13-15-10-5-3-4-6-10/h7-10,13H,3-6H2,1-2H3. The fourth-order valence-corrected chi connectivity index (χ4v) is 2.07. The molecule has 0 bridgehead atoms. The first-order valence-electron chi connectivity index (χ1n) is 5.66. The van der Waals surface area contributed by atoms with Crippen LogP contribution in [0.3, 0.4) is 0 Å². The van der Waals surface area contributed by atoms with Gasteiger partial charge in [-0.25, -0.2) is 0 Å². The molecule has 1 N–H and O–H groups in total. The minimum absolute atomic E-state index is 0.193. The molecule has 1 aromatic heterocycles. The summed E-state index contributed by atoms with van der Waals surface area (Å²) in [6.07, 6.45) is 7.18. The minimum Gasteiger partial charge on any atom is -0.298 e. The van der Waals surface area contributed by atoms with Crippen molar-refractivity contribution in [3.05, 3.63) is 18.0 Å². The second-order valence-electron chi connectivity index (χ2n) is 4.24. The Hall–Kier alpha value is -0.870. The Bertz CT molecular complexity index is 305. The zero-order valence-electron chi connectivity index (χ0n) is 9.44. The number of rotatable bonds is 4. The summed E-state index contributed by atoms with van der Waals surface area (Å²) in [6.45, 7) is 2.09. The molecule has 4 heteroatoms. The first kappa shape index (κ1) is 10.6. The molecule has 0 radical (unpaired) electrons. The molecule has 0 aliphatic heterocycles. The van der Waals surface area contributed by atoms with Gasteiger partial charge >= 0.3 is 0 Å². The van der Waals surface area contributed by atoms with E-state index in [4.69, 9.17) is 4.84 Å². The predicted octanol–water partition coefficient (Wildman–Crippen LogP) is 1.94. The van der Waals surface area contributed by atoms with Crippen LogP contribution in [0, 0.1) is 0 Å². The topological polar surface area (TPSA) is 39.1 Å².